The van der Waals surface area contributed by atoms with Crippen molar-refractivity contribution in [2.45, 2.75) is 13.5 Å². The fourth-order valence-electron chi connectivity index (χ4n) is 3.13. The average Bonchev–Trinajstić information content (AvgIpc) is 3.18. The summed E-state index contributed by atoms with van der Waals surface area (Å²) >= 11 is 0. The number of pyridine rings is 3. The molecule has 0 unspecified atom stereocenters. The normalized spacial score (nSPS) is 10.6. The van der Waals surface area contributed by atoms with E-state index >= 15 is 0 Å². The molecule has 30 heavy (non-hydrogen) atoms. The first-order chi connectivity index (χ1) is 14.5. The van der Waals surface area contributed by atoms with Gasteiger partial charge in [-0.15, -0.1) is 0 Å². The number of halogens is 1. The zero-order chi connectivity index (χ0) is 21.1. The third kappa shape index (κ3) is 3.86. The Kier molecular flexibility index (Phi) is 5.18. The molecule has 0 saturated heterocycles. The van der Waals surface area contributed by atoms with Crippen molar-refractivity contribution < 1.29 is 4.39 Å². The first kappa shape index (κ1) is 19.2. The number of aryl methyl sites for hydroxylation is 2. The molecule has 0 aromatic carbocycles. The highest BCUT2D eigenvalue weighted by atomic mass is 19.1. The molecule has 0 amide bonds. The van der Waals surface area contributed by atoms with Gasteiger partial charge in [0.2, 0.25) is 5.69 Å². The van der Waals surface area contributed by atoms with E-state index < -0.39 is 5.82 Å². The number of hydrogen-bond donors (Lipinski definition) is 1. The second-order valence-electron chi connectivity index (χ2n) is 6.79. The van der Waals surface area contributed by atoms with E-state index in [0.29, 0.717) is 22.5 Å². The van der Waals surface area contributed by atoms with Crippen LogP contribution in [0.5, 0.6) is 0 Å². The zero-order valence-corrected chi connectivity index (χ0v) is 16.5. The molecule has 4 aromatic rings. The molecule has 4 heterocycles. The van der Waals surface area contributed by atoms with E-state index in [4.69, 9.17) is 6.57 Å². The predicted octanol–water partition coefficient (Wildman–Crippen LogP) is 4.55. The molecule has 4 rings (SSSR count). The van der Waals surface area contributed by atoms with Crippen molar-refractivity contribution in [3.8, 4) is 22.4 Å². The van der Waals surface area contributed by atoms with Crippen molar-refractivity contribution in [1.82, 2.24) is 24.7 Å². The standard InChI is InChI=1S/C22H18FN7/c1-14-8-16(4-6-25-14)21-19(24-2)9-15(10-27-21)11-28-22-20(23)18(5-7-26-22)17-12-29-30(3)13-17/h4-10,12-13H,11H2,1,3H3,(H,26,28). The Morgan fingerprint density at radius 3 is 2.67 bits per heavy atom. The number of rotatable bonds is 5. The molecule has 0 aliphatic carbocycles. The van der Waals surface area contributed by atoms with E-state index in [2.05, 4.69) is 30.2 Å². The zero-order valence-electron chi connectivity index (χ0n) is 16.5. The summed E-state index contributed by atoms with van der Waals surface area (Å²) in [5.74, 6) is -0.317. The molecule has 0 atom stereocenters. The van der Waals surface area contributed by atoms with Crippen LogP contribution >= 0.6 is 0 Å². The van der Waals surface area contributed by atoms with Crippen LogP contribution in [0, 0.1) is 19.3 Å². The van der Waals surface area contributed by atoms with Gasteiger partial charge in [-0.25, -0.2) is 14.2 Å². The fourth-order valence-corrected chi connectivity index (χ4v) is 3.13. The molecule has 0 spiro atoms. The van der Waals surface area contributed by atoms with Crippen LogP contribution in [0.1, 0.15) is 11.3 Å². The summed E-state index contributed by atoms with van der Waals surface area (Å²) < 4.78 is 16.5. The van der Waals surface area contributed by atoms with Gasteiger partial charge in [0.1, 0.15) is 0 Å². The molecule has 0 aliphatic heterocycles. The number of hydrogen-bond acceptors (Lipinski definition) is 5. The minimum absolute atomic E-state index is 0.134. The smallest absolute Gasteiger partial charge is 0.213 e. The van der Waals surface area contributed by atoms with Crippen molar-refractivity contribution in [1.29, 1.82) is 0 Å². The highest BCUT2D eigenvalue weighted by Gasteiger charge is 2.13. The molecule has 1 N–H and O–H groups in total. The second kappa shape index (κ2) is 8.09. The number of anilines is 1. The summed E-state index contributed by atoms with van der Waals surface area (Å²) in [6.45, 7) is 9.68. The highest BCUT2D eigenvalue weighted by Crippen LogP contribution is 2.30. The Hall–Kier alpha value is -4.12. The molecule has 0 radical (unpaired) electrons. The lowest BCUT2D eigenvalue weighted by Gasteiger charge is -2.10. The van der Waals surface area contributed by atoms with Gasteiger partial charge < -0.3 is 5.32 Å². The van der Waals surface area contributed by atoms with E-state index in [-0.39, 0.29) is 12.4 Å². The monoisotopic (exact) mass is 399 g/mol. The molecule has 7 nitrogen and oxygen atoms in total. The summed E-state index contributed by atoms with van der Waals surface area (Å²) in [7, 11) is 1.78. The van der Waals surface area contributed by atoms with Crippen molar-refractivity contribution >= 4 is 11.5 Å². The van der Waals surface area contributed by atoms with Crippen LogP contribution in [0.15, 0.2) is 55.2 Å². The molecule has 8 heteroatoms. The van der Waals surface area contributed by atoms with Crippen LogP contribution in [0.2, 0.25) is 0 Å². The van der Waals surface area contributed by atoms with E-state index in [1.165, 1.54) is 0 Å². The average molecular weight is 399 g/mol. The quantitative estimate of drug-likeness (QED) is 0.499. The molecule has 4 aromatic heterocycles. The lowest BCUT2D eigenvalue weighted by Crippen LogP contribution is -2.05. The fraction of sp³-hybridized carbons (Fsp3) is 0.136. The van der Waals surface area contributed by atoms with Crippen molar-refractivity contribution in [2.24, 2.45) is 7.05 Å². The first-order valence-corrected chi connectivity index (χ1v) is 9.22. The second-order valence-corrected chi connectivity index (χ2v) is 6.79. The Morgan fingerprint density at radius 2 is 1.93 bits per heavy atom. The summed E-state index contributed by atoms with van der Waals surface area (Å²) in [5, 5.41) is 7.08. The largest absolute Gasteiger partial charge is 0.364 e. The molecule has 0 bridgehead atoms. The van der Waals surface area contributed by atoms with Crippen LogP contribution in [-0.4, -0.2) is 24.7 Å². The maximum absolute atomic E-state index is 14.9. The van der Waals surface area contributed by atoms with Crippen molar-refractivity contribution in [3.05, 3.63) is 83.7 Å². The predicted molar refractivity (Wildman–Crippen MR) is 112 cm³/mol. The molecule has 148 valence electrons. The summed E-state index contributed by atoms with van der Waals surface area (Å²) in [4.78, 5) is 16.3. The van der Waals surface area contributed by atoms with E-state index in [9.17, 15) is 4.39 Å². The molecular formula is C22H18FN7. The Balaban J connectivity index is 1.57. The summed E-state index contributed by atoms with van der Waals surface area (Å²) in [6.07, 6.45) is 8.27. The van der Waals surface area contributed by atoms with Crippen LogP contribution < -0.4 is 5.32 Å². The minimum Gasteiger partial charge on any atom is -0.364 e. The third-order valence-electron chi connectivity index (χ3n) is 4.58. The third-order valence-corrected chi connectivity index (χ3v) is 4.58. The molecule has 0 saturated carbocycles. The number of nitrogens with zero attached hydrogens (tertiary/aromatic N) is 6. The Bertz CT molecular complexity index is 1260. The lowest BCUT2D eigenvalue weighted by atomic mass is 10.1. The van der Waals surface area contributed by atoms with Crippen LogP contribution in [0.4, 0.5) is 15.9 Å². The molecular weight excluding hydrogens is 381 g/mol. The van der Waals surface area contributed by atoms with E-state index in [1.54, 1.807) is 54.8 Å². The molecule has 0 aliphatic rings. The number of aromatic nitrogens is 5. The summed E-state index contributed by atoms with van der Waals surface area (Å²) in [6, 6.07) is 7.08. The van der Waals surface area contributed by atoms with Gasteiger partial charge in [-0.2, -0.15) is 5.10 Å². The van der Waals surface area contributed by atoms with Crippen LogP contribution in [0.25, 0.3) is 27.2 Å². The van der Waals surface area contributed by atoms with Crippen molar-refractivity contribution in [2.75, 3.05) is 5.32 Å². The van der Waals surface area contributed by atoms with Gasteiger partial charge in [0, 0.05) is 55.2 Å². The van der Waals surface area contributed by atoms with E-state index in [1.807, 2.05) is 19.1 Å². The highest BCUT2D eigenvalue weighted by molar-refractivity contribution is 5.75. The summed E-state index contributed by atoms with van der Waals surface area (Å²) in [5.41, 5.74) is 4.57. The van der Waals surface area contributed by atoms with Gasteiger partial charge in [0.25, 0.3) is 0 Å². The lowest BCUT2D eigenvalue weighted by molar-refractivity contribution is 0.628. The van der Waals surface area contributed by atoms with Gasteiger partial charge in [0.15, 0.2) is 11.6 Å². The van der Waals surface area contributed by atoms with Gasteiger partial charge >= 0.3 is 0 Å². The van der Waals surface area contributed by atoms with E-state index in [0.717, 1.165) is 16.8 Å². The SMILES string of the molecule is [C-]#[N+]c1cc(CNc2nccc(-c3cnn(C)c3)c2F)cnc1-c1ccnc(C)c1. The van der Waals surface area contributed by atoms with Gasteiger partial charge in [-0.1, -0.05) is 0 Å². The first-order valence-electron chi connectivity index (χ1n) is 9.22. The Labute approximate surface area is 173 Å². The molecule has 0 fully saturated rings. The topological polar surface area (TPSA) is 72.9 Å². The van der Waals surface area contributed by atoms with Gasteiger partial charge in [-0.05, 0) is 42.3 Å². The van der Waals surface area contributed by atoms with Gasteiger partial charge in [0.05, 0.1) is 18.5 Å². The Morgan fingerprint density at radius 1 is 1.10 bits per heavy atom. The maximum atomic E-state index is 14.9. The van der Waals surface area contributed by atoms with Crippen LogP contribution in [-0.2, 0) is 13.6 Å². The van der Waals surface area contributed by atoms with Gasteiger partial charge in [-0.3, -0.25) is 14.6 Å². The maximum Gasteiger partial charge on any atom is 0.213 e. The minimum atomic E-state index is -0.451. The van der Waals surface area contributed by atoms with Crippen molar-refractivity contribution in [3.63, 3.8) is 0 Å². The number of nitrogens with one attached hydrogen (secondary N) is 1. The van der Waals surface area contributed by atoms with Crippen LogP contribution in [0.3, 0.4) is 0 Å².